The van der Waals surface area contributed by atoms with Crippen molar-refractivity contribution in [2.45, 2.75) is 13.8 Å². The summed E-state index contributed by atoms with van der Waals surface area (Å²) in [5.41, 5.74) is 4.46. The zero-order valence-electron chi connectivity index (χ0n) is 15.0. The van der Waals surface area contributed by atoms with Gasteiger partial charge in [0.1, 0.15) is 0 Å². The number of hydrogen-bond donors (Lipinski definition) is 2. The normalized spacial score (nSPS) is 10.3. The molecule has 0 atom stereocenters. The van der Waals surface area contributed by atoms with E-state index >= 15 is 0 Å². The predicted octanol–water partition coefficient (Wildman–Crippen LogP) is 5.46. The molecular formula is C22H19ClN2O2. The molecule has 3 aromatic rings. The van der Waals surface area contributed by atoms with E-state index in [0.29, 0.717) is 27.5 Å². The van der Waals surface area contributed by atoms with Crippen molar-refractivity contribution in [1.82, 2.24) is 0 Å². The second kappa shape index (κ2) is 8.06. The highest BCUT2D eigenvalue weighted by molar-refractivity contribution is 6.31. The van der Waals surface area contributed by atoms with Crippen molar-refractivity contribution in [2.75, 3.05) is 10.6 Å². The molecule has 0 saturated carbocycles. The lowest BCUT2D eigenvalue weighted by molar-refractivity contribution is 0.101. The van der Waals surface area contributed by atoms with Crippen LogP contribution in [-0.2, 0) is 0 Å². The van der Waals surface area contributed by atoms with E-state index in [1.807, 2.05) is 32.0 Å². The molecule has 136 valence electrons. The average molecular weight is 379 g/mol. The van der Waals surface area contributed by atoms with Crippen molar-refractivity contribution in [1.29, 1.82) is 0 Å². The Balaban J connectivity index is 1.66. The van der Waals surface area contributed by atoms with Gasteiger partial charge in [-0.1, -0.05) is 34.9 Å². The molecule has 0 aliphatic carbocycles. The Kier molecular flexibility index (Phi) is 5.57. The summed E-state index contributed by atoms with van der Waals surface area (Å²) in [6.07, 6.45) is 0. The van der Waals surface area contributed by atoms with Crippen molar-refractivity contribution in [3.8, 4) is 0 Å². The van der Waals surface area contributed by atoms with Crippen LogP contribution in [0.25, 0.3) is 0 Å². The summed E-state index contributed by atoms with van der Waals surface area (Å²) < 4.78 is 0. The fourth-order valence-corrected chi connectivity index (χ4v) is 2.97. The van der Waals surface area contributed by atoms with E-state index in [2.05, 4.69) is 10.6 Å². The minimum absolute atomic E-state index is 0.169. The molecule has 27 heavy (non-hydrogen) atoms. The Morgan fingerprint density at radius 3 is 1.74 bits per heavy atom. The van der Waals surface area contributed by atoms with Crippen LogP contribution < -0.4 is 10.6 Å². The van der Waals surface area contributed by atoms with E-state index in [9.17, 15) is 9.59 Å². The number of rotatable bonds is 4. The molecule has 0 bridgehead atoms. The average Bonchev–Trinajstić information content (AvgIpc) is 2.62. The van der Waals surface area contributed by atoms with E-state index in [1.165, 1.54) is 0 Å². The maximum atomic E-state index is 12.4. The Hall–Kier alpha value is -3.11. The molecule has 0 fully saturated rings. The number of carbonyl (C=O) groups excluding carboxylic acids is 2. The summed E-state index contributed by atoms with van der Waals surface area (Å²) >= 11 is 5.91. The highest BCUT2D eigenvalue weighted by atomic mass is 35.5. The molecule has 0 spiro atoms. The van der Waals surface area contributed by atoms with Crippen LogP contribution in [0.2, 0.25) is 5.02 Å². The minimum Gasteiger partial charge on any atom is -0.322 e. The number of hydrogen-bond acceptors (Lipinski definition) is 2. The molecule has 0 saturated heterocycles. The zero-order valence-corrected chi connectivity index (χ0v) is 15.8. The second-order valence-corrected chi connectivity index (χ2v) is 6.81. The first-order chi connectivity index (χ1) is 12.9. The summed E-state index contributed by atoms with van der Waals surface area (Å²) in [6, 6.07) is 19.4. The first-order valence-electron chi connectivity index (χ1n) is 8.47. The summed E-state index contributed by atoms with van der Waals surface area (Å²) in [5, 5.41) is 6.17. The Morgan fingerprint density at radius 1 is 0.704 bits per heavy atom. The highest BCUT2D eigenvalue weighted by Crippen LogP contribution is 2.18. The van der Waals surface area contributed by atoms with Crippen molar-refractivity contribution in [3.63, 3.8) is 0 Å². The van der Waals surface area contributed by atoms with E-state index < -0.39 is 0 Å². The van der Waals surface area contributed by atoms with E-state index in [1.54, 1.807) is 48.5 Å². The third kappa shape index (κ3) is 4.96. The van der Waals surface area contributed by atoms with Crippen LogP contribution in [0, 0.1) is 13.8 Å². The van der Waals surface area contributed by atoms with E-state index in [-0.39, 0.29) is 11.8 Å². The number of carbonyl (C=O) groups is 2. The third-order valence-electron chi connectivity index (χ3n) is 3.97. The number of benzene rings is 3. The number of amides is 2. The summed E-state index contributed by atoms with van der Waals surface area (Å²) in [6.45, 7) is 3.92. The van der Waals surface area contributed by atoms with Crippen LogP contribution in [0.3, 0.4) is 0 Å². The molecule has 0 aliphatic heterocycles. The Morgan fingerprint density at radius 2 is 1.22 bits per heavy atom. The van der Waals surface area contributed by atoms with Crippen molar-refractivity contribution >= 4 is 34.8 Å². The van der Waals surface area contributed by atoms with Crippen LogP contribution >= 0.6 is 11.6 Å². The van der Waals surface area contributed by atoms with Gasteiger partial charge in [-0.25, -0.2) is 0 Å². The van der Waals surface area contributed by atoms with Crippen molar-refractivity contribution in [3.05, 3.63) is 94.0 Å². The number of nitrogens with one attached hydrogen (secondary N) is 2. The van der Waals surface area contributed by atoms with Crippen LogP contribution in [-0.4, -0.2) is 11.8 Å². The van der Waals surface area contributed by atoms with Crippen LogP contribution in [0.4, 0.5) is 11.4 Å². The topological polar surface area (TPSA) is 58.2 Å². The van der Waals surface area contributed by atoms with Gasteiger partial charge in [0.2, 0.25) is 0 Å². The Labute approximate surface area is 163 Å². The second-order valence-electron chi connectivity index (χ2n) is 6.37. The van der Waals surface area contributed by atoms with Gasteiger partial charge in [-0.05, 0) is 68.4 Å². The van der Waals surface area contributed by atoms with Crippen LogP contribution in [0.5, 0.6) is 0 Å². The van der Waals surface area contributed by atoms with Gasteiger partial charge in [0.15, 0.2) is 0 Å². The fourth-order valence-electron chi connectivity index (χ4n) is 2.78. The zero-order chi connectivity index (χ0) is 19.4. The van der Waals surface area contributed by atoms with Gasteiger partial charge in [0.05, 0.1) is 0 Å². The summed E-state index contributed by atoms with van der Waals surface area (Å²) in [5.74, 6) is -0.415. The SMILES string of the molecule is Cc1cc(C)cc(C(=O)Nc2ccc(NC(=O)c3cccc(Cl)c3)cc2)c1. The molecule has 5 heteroatoms. The van der Waals surface area contributed by atoms with Crippen molar-refractivity contribution in [2.24, 2.45) is 0 Å². The molecular weight excluding hydrogens is 360 g/mol. The van der Waals surface area contributed by atoms with Crippen molar-refractivity contribution < 1.29 is 9.59 Å². The van der Waals surface area contributed by atoms with Crippen LogP contribution in [0.15, 0.2) is 66.7 Å². The molecule has 2 N–H and O–H groups in total. The standard InChI is InChI=1S/C22H19ClN2O2/c1-14-10-15(2)12-17(11-14)22(27)25-20-8-6-19(7-9-20)24-21(26)16-4-3-5-18(23)13-16/h3-13H,1-2H3,(H,24,26)(H,25,27). The monoisotopic (exact) mass is 378 g/mol. The number of aryl methyl sites for hydroxylation is 2. The molecule has 4 nitrogen and oxygen atoms in total. The van der Waals surface area contributed by atoms with Gasteiger partial charge in [0, 0.05) is 27.5 Å². The number of anilines is 2. The summed E-state index contributed by atoms with van der Waals surface area (Å²) in [7, 11) is 0. The molecule has 3 rings (SSSR count). The largest absolute Gasteiger partial charge is 0.322 e. The fraction of sp³-hybridized carbons (Fsp3) is 0.0909. The molecule has 0 unspecified atom stereocenters. The first kappa shape index (κ1) is 18.7. The highest BCUT2D eigenvalue weighted by Gasteiger charge is 2.09. The molecule has 3 aromatic carbocycles. The minimum atomic E-state index is -0.246. The molecule has 0 heterocycles. The smallest absolute Gasteiger partial charge is 0.255 e. The van der Waals surface area contributed by atoms with Crippen LogP contribution in [0.1, 0.15) is 31.8 Å². The molecule has 2 amide bonds. The van der Waals surface area contributed by atoms with E-state index in [4.69, 9.17) is 11.6 Å². The van der Waals surface area contributed by atoms with Gasteiger partial charge >= 0.3 is 0 Å². The maximum absolute atomic E-state index is 12.4. The lowest BCUT2D eigenvalue weighted by Gasteiger charge is -2.09. The molecule has 0 aliphatic rings. The van der Waals surface area contributed by atoms with Gasteiger partial charge < -0.3 is 10.6 Å². The molecule has 0 aromatic heterocycles. The number of halogens is 1. The van der Waals surface area contributed by atoms with Gasteiger partial charge in [0.25, 0.3) is 11.8 Å². The molecule has 0 radical (unpaired) electrons. The maximum Gasteiger partial charge on any atom is 0.255 e. The van der Waals surface area contributed by atoms with Gasteiger partial charge in [-0.15, -0.1) is 0 Å². The first-order valence-corrected chi connectivity index (χ1v) is 8.85. The van der Waals surface area contributed by atoms with Gasteiger partial charge in [-0.2, -0.15) is 0 Å². The predicted molar refractivity (Wildman–Crippen MR) is 110 cm³/mol. The lowest BCUT2D eigenvalue weighted by Crippen LogP contribution is -2.13. The Bertz CT molecular complexity index is 977. The lowest BCUT2D eigenvalue weighted by atomic mass is 10.1. The third-order valence-corrected chi connectivity index (χ3v) is 4.21. The van der Waals surface area contributed by atoms with Gasteiger partial charge in [-0.3, -0.25) is 9.59 Å². The van der Waals surface area contributed by atoms with E-state index in [0.717, 1.165) is 11.1 Å². The summed E-state index contributed by atoms with van der Waals surface area (Å²) in [4.78, 5) is 24.6. The quantitative estimate of drug-likeness (QED) is 0.633.